The van der Waals surface area contributed by atoms with E-state index in [4.69, 9.17) is 21.1 Å². The molecule has 1 aromatic heterocycles. The topological polar surface area (TPSA) is 113 Å². The molecular weight excluding hydrogens is 338 g/mol. The van der Waals surface area contributed by atoms with E-state index in [-0.39, 0.29) is 18.2 Å². The summed E-state index contributed by atoms with van der Waals surface area (Å²) in [6.07, 6.45) is 0.464. The maximum atomic E-state index is 11.6. The number of aromatic amines is 2. The van der Waals surface area contributed by atoms with Crippen LogP contribution in [0.1, 0.15) is 12.5 Å². The normalized spacial score (nSPS) is 22.2. The highest BCUT2D eigenvalue weighted by Crippen LogP contribution is 2.30. The van der Waals surface area contributed by atoms with Crippen LogP contribution in [0.5, 0.6) is 0 Å². The van der Waals surface area contributed by atoms with Gasteiger partial charge in [0, 0.05) is 5.02 Å². The molecule has 0 saturated carbocycles. The Morgan fingerprint density at radius 3 is 2.08 bits per heavy atom. The van der Waals surface area contributed by atoms with Gasteiger partial charge in [0.2, 0.25) is 0 Å². The van der Waals surface area contributed by atoms with Crippen molar-refractivity contribution in [2.45, 2.75) is 24.7 Å². The number of ether oxygens (including phenoxy) is 2. The quantitative estimate of drug-likeness (QED) is 0.767. The van der Waals surface area contributed by atoms with Crippen LogP contribution in [-0.4, -0.2) is 40.0 Å². The highest BCUT2D eigenvalue weighted by molar-refractivity contribution is 6.30. The first kappa shape index (κ1) is 16.7. The lowest BCUT2D eigenvalue weighted by molar-refractivity contribution is 0.272. The van der Waals surface area contributed by atoms with Gasteiger partial charge in [0.25, 0.3) is 0 Å². The van der Waals surface area contributed by atoms with Gasteiger partial charge in [-0.25, -0.2) is 19.0 Å². The van der Waals surface area contributed by atoms with Crippen LogP contribution in [0.25, 0.3) is 0 Å². The van der Waals surface area contributed by atoms with Crippen molar-refractivity contribution in [2.24, 2.45) is 0 Å². The van der Waals surface area contributed by atoms with E-state index in [1.54, 1.807) is 0 Å². The predicted octanol–water partition coefficient (Wildman–Crippen LogP) is 0.294. The van der Waals surface area contributed by atoms with Gasteiger partial charge >= 0.3 is 17.1 Å². The lowest BCUT2D eigenvalue weighted by Crippen LogP contribution is -2.46. The number of hydrogen-bond acceptors (Lipinski definition) is 5. The third kappa shape index (κ3) is 4.44. The highest BCUT2D eigenvalue weighted by Gasteiger charge is 2.40. The fourth-order valence-corrected chi connectivity index (χ4v) is 2.47. The molecule has 2 N–H and O–H groups in total. The van der Waals surface area contributed by atoms with Crippen molar-refractivity contribution in [1.29, 1.82) is 0 Å². The Kier molecular flexibility index (Phi) is 4.98. The highest BCUT2D eigenvalue weighted by atomic mass is 35.5. The van der Waals surface area contributed by atoms with Gasteiger partial charge in [-0.15, -0.1) is 0 Å². The molecule has 9 heteroatoms. The molecule has 2 fully saturated rings. The van der Waals surface area contributed by atoms with Crippen molar-refractivity contribution >= 4 is 11.6 Å². The Labute approximate surface area is 141 Å². The largest absolute Gasteiger partial charge is 0.373 e. The Bertz CT molecular complexity index is 817. The number of H-pyrrole nitrogens is 2. The summed E-state index contributed by atoms with van der Waals surface area (Å²) in [5.74, 6) is 0. The van der Waals surface area contributed by atoms with Gasteiger partial charge in [0.05, 0.1) is 25.4 Å². The van der Waals surface area contributed by atoms with Crippen LogP contribution in [0.4, 0.5) is 0 Å². The van der Waals surface area contributed by atoms with Crippen LogP contribution in [0.2, 0.25) is 5.02 Å². The number of aromatic nitrogens is 3. The van der Waals surface area contributed by atoms with Crippen LogP contribution in [0.15, 0.2) is 44.7 Å². The number of benzene rings is 1. The fraction of sp³-hybridized carbons (Fsp3) is 0.400. The molecule has 8 nitrogen and oxygen atoms in total. The average molecular weight is 354 g/mol. The number of nitrogens with zero attached hydrogens (tertiary/aromatic N) is 1. The molecule has 2 saturated heterocycles. The third-order valence-electron chi connectivity index (χ3n) is 3.64. The van der Waals surface area contributed by atoms with Gasteiger partial charge in [0.1, 0.15) is 6.10 Å². The number of nitrogens with one attached hydrogen (secondary N) is 2. The lowest BCUT2D eigenvalue weighted by atomic mass is 10.1. The summed E-state index contributed by atoms with van der Waals surface area (Å²) < 4.78 is 11.2. The molecule has 3 unspecified atom stereocenters. The van der Waals surface area contributed by atoms with E-state index >= 15 is 0 Å². The Balaban J connectivity index is 0.000000203. The van der Waals surface area contributed by atoms with Crippen LogP contribution in [0.3, 0.4) is 0 Å². The van der Waals surface area contributed by atoms with Crippen LogP contribution in [0, 0.1) is 0 Å². The monoisotopic (exact) mass is 353 g/mol. The smallest absolute Gasteiger partial charge is 0.334 e. The lowest BCUT2D eigenvalue weighted by Gasteiger charge is -2.14. The zero-order valence-corrected chi connectivity index (χ0v) is 13.4. The minimum atomic E-state index is -0.797. The zero-order valence-electron chi connectivity index (χ0n) is 12.6. The van der Waals surface area contributed by atoms with Gasteiger partial charge in [-0.3, -0.25) is 9.97 Å². The first-order chi connectivity index (χ1) is 11.5. The van der Waals surface area contributed by atoms with Gasteiger partial charge < -0.3 is 9.47 Å². The second-order valence-electron chi connectivity index (χ2n) is 5.49. The summed E-state index contributed by atoms with van der Waals surface area (Å²) in [6, 6.07) is 9.07. The summed E-state index contributed by atoms with van der Waals surface area (Å²) in [4.78, 5) is 38.3. The fourth-order valence-electron chi connectivity index (χ4n) is 2.33. The maximum Gasteiger partial charge on any atom is 0.334 e. The summed E-state index contributed by atoms with van der Waals surface area (Å²) in [6.45, 7) is 1.15. The molecule has 3 atom stereocenters. The molecule has 128 valence electrons. The molecule has 0 radical (unpaired) electrons. The summed E-state index contributed by atoms with van der Waals surface area (Å²) in [7, 11) is 0. The molecule has 1 aromatic carbocycles. The number of rotatable bonds is 4. The number of epoxide rings is 2. The van der Waals surface area contributed by atoms with E-state index in [9.17, 15) is 14.4 Å². The SMILES string of the molecule is Clc1ccccc1.O=c1[nH]c(=O)n(C(CC2CO2)C2CO2)c(=O)[nH]1. The predicted molar refractivity (Wildman–Crippen MR) is 86.5 cm³/mol. The second-order valence-corrected chi connectivity index (χ2v) is 5.92. The molecule has 0 spiro atoms. The van der Waals surface area contributed by atoms with E-state index < -0.39 is 17.1 Å². The molecule has 2 aromatic rings. The van der Waals surface area contributed by atoms with E-state index in [0.29, 0.717) is 19.6 Å². The van der Waals surface area contributed by atoms with Crippen LogP contribution >= 0.6 is 11.6 Å². The molecule has 2 aliphatic heterocycles. The molecule has 0 amide bonds. The first-order valence-electron chi connectivity index (χ1n) is 7.43. The molecule has 2 aliphatic rings. The van der Waals surface area contributed by atoms with Crippen molar-refractivity contribution in [3.05, 3.63) is 66.8 Å². The summed E-state index contributed by atoms with van der Waals surface area (Å²) >= 11 is 5.54. The minimum absolute atomic E-state index is 0.0717. The maximum absolute atomic E-state index is 11.6. The van der Waals surface area contributed by atoms with Gasteiger partial charge in [0.15, 0.2) is 0 Å². The summed E-state index contributed by atoms with van der Waals surface area (Å²) in [5, 5.41) is 0.794. The first-order valence-corrected chi connectivity index (χ1v) is 7.81. The van der Waals surface area contributed by atoms with E-state index in [1.165, 1.54) is 0 Å². The van der Waals surface area contributed by atoms with Crippen LogP contribution in [-0.2, 0) is 9.47 Å². The Morgan fingerprint density at radius 1 is 1.08 bits per heavy atom. The second kappa shape index (κ2) is 7.16. The molecule has 24 heavy (non-hydrogen) atoms. The average Bonchev–Trinajstić information content (AvgIpc) is 3.41. The standard InChI is InChI=1S/C9H11N3O5.C6H5Cl/c13-7-10-8(14)12(9(15)11-7)5(6-3-17-6)1-4-2-16-4;7-6-4-2-1-3-5-6/h4-6H,1-3H2,(H2,10,11,13,14,15);1-5H. The Hall–Kier alpha value is -2.16. The minimum Gasteiger partial charge on any atom is -0.373 e. The molecule has 0 aliphatic carbocycles. The van der Waals surface area contributed by atoms with E-state index in [1.807, 2.05) is 40.3 Å². The van der Waals surface area contributed by atoms with E-state index in [2.05, 4.69) is 0 Å². The van der Waals surface area contributed by atoms with Gasteiger partial charge in [-0.05, 0) is 18.6 Å². The number of halogens is 1. The van der Waals surface area contributed by atoms with Crippen molar-refractivity contribution in [3.63, 3.8) is 0 Å². The van der Waals surface area contributed by atoms with Gasteiger partial charge in [-0.2, -0.15) is 0 Å². The van der Waals surface area contributed by atoms with Crippen molar-refractivity contribution < 1.29 is 9.47 Å². The molecule has 0 bridgehead atoms. The molecule has 4 rings (SSSR count). The zero-order chi connectivity index (χ0) is 17.1. The van der Waals surface area contributed by atoms with Crippen LogP contribution < -0.4 is 17.1 Å². The van der Waals surface area contributed by atoms with E-state index in [0.717, 1.165) is 9.59 Å². The molecule has 3 heterocycles. The summed E-state index contributed by atoms with van der Waals surface area (Å²) in [5.41, 5.74) is -2.21. The van der Waals surface area contributed by atoms with Crippen molar-refractivity contribution in [2.75, 3.05) is 13.2 Å². The molecular formula is C15H16ClN3O5. The van der Waals surface area contributed by atoms with Crippen molar-refractivity contribution in [1.82, 2.24) is 14.5 Å². The third-order valence-corrected chi connectivity index (χ3v) is 3.89. The van der Waals surface area contributed by atoms with Gasteiger partial charge in [-0.1, -0.05) is 29.8 Å². The van der Waals surface area contributed by atoms with Crippen molar-refractivity contribution in [3.8, 4) is 0 Å². The number of hydrogen-bond donors (Lipinski definition) is 2. The Morgan fingerprint density at radius 2 is 1.67 bits per heavy atom.